The van der Waals surface area contributed by atoms with Crippen LogP contribution in [-0.2, 0) is 5.75 Å². The smallest absolute Gasteiger partial charge is 0.0467 e. The van der Waals surface area contributed by atoms with Gasteiger partial charge in [0.1, 0.15) is 0 Å². The highest BCUT2D eigenvalue weighted by molar-refractivity contribution is 9.10. The molecule has 1 aromatic heterocycles. The lowest BCUT2D eigenvalue weighted by Gasteiger charge is -2.05. The summed E-state index contributed by atoms with van der Waals surface area (Å²) >= 11 is 12.8. The number of anilines is 1. The Morgan fingerprint density at radius 1 is 1.38 bits per heavy atom. The molecular formula is C11H9BrClNS2. The van der Waals surface area contributed by atoms with Crippen molar-refractivity contribution in [3.8, 4) is 0 Å². The maximum Gasteiger partial charge on any atom is 0.0467 e. The summed E-state index contributed by atoms with van der Waals surface area (Å²) in [5, 5.41) is 2.75. The van der Waals surface area contributed by atoms with Crippen molar-refractivity contribution in [3.63, 3.8) is 0 Å². The van der Waals surface area contributed by atoms with E-state index in [1.165, 1.54) is 4.88 Å². The van der Waals surface area contributed by atoms with E-state index in [1.54, 1.807) is 29.2 Å². The third-order valence-electron chi connectivity index (χ3n) is 2.02. The molecule has 84 valence electrons. The third kappa shape index (κ3) is 2.94. The van der Waals surface area contributed by atoms with Crippen LogP contribution in [0.15, 0.2) is 39.0 Å². The lowest BCUT2D eigenvalue weighted by atomic mass is 10.3. The number of benzene rings is 1. The predicted molar refractivity (Wildman–Crippen MR) is 77.4 cm³/mol. The summed E-state index contributed by atoms with van der Waals surface area (Å²) < 4.78 is 1.16. The molecule has 1 heterocycles. The topological polar surface area (TPSA) is 26.0 Å². The van der Waals surface area contributed by atoms with Gasteiger partial charge in [0.05, 0.1) is 0 Å². The highest BCUT2D eigenvalue weighted by atomic mass is 79.9. The molecule has 0 aliphatic carbocycles. The third-order valence-corrected chi connectivity index (χ3v) is 5.48. The van der Waals surface area contributed by atoms with Gasteiger partial charge < -0.3 is 5.73 Å². The molecule has 0 aliphatic heterocycles. The molecule has 2 aromatic rings. The van der Waals surface area contributed by atoms with Gasteiger partial charge in [0.2, 0.25) is 0 Å². The van der Waals surface area contributed by atoms with Crippen LogP contribution in [0.3, 0.4) is 0 Å². The summed E-state index contributed by atoms with van der Waals surface area (Å²) in [5.74, 6) is 0.921. The van der Waals surface area contributed by atoms with E-state index in [-0.39, 0.29) is 0 Å². The van der Waals surface area contributed by atoms with E-state index in [0.717, 1.165) is 20.8 Å². The minimum atomic E-state index is 0.680. The summed E-state index contributed by atoms with van der Waals surface area (Å²) in [4.78, 5) is 2.39. The van der Waals surface area contributed by atoms with Gasteiger partial charge in [-0.15, -0.1) is 23.1 Å². The van der Waals surface area contributed by atoms with Crippen LogP contribution >= 0.6 is 50.6 Å². The minimum Gasteiger partial charge on any atom is -0.398 e. The molecule has 2 rings (SSSR count). The lowest BCUT2D eigenvalue weighted by molar-refractivity contribution is 1.42. The zero-order valence-electron chi connectivity index (χ0n) is 8.24. The van der Waals surface area contributed by atoms with Gasteiger partial charge in [-0.25, -0.2) is 0 Å². The Bertz CT molecular complexity index is 498. The molecule has 2 N–H and O–H groups in total. The number of hydrogen-bond acceptors (Lipinski definition) is 3. The molecule has 0 aliphatic rings. The Kier molecular flexibility index (Phi) is 4.19. The van der Waals surface area contributed by atoms with Crippen LogP contribution in [0.1, 0.15) is 4.88 Å². The van der Waals surface area contributed by atoms with Gasteiger partial charge in [0.25, 0.3) is 0 Å². The molecular weight excluding hydrogens is 326 g/mol. The summed E-state index contributed by atoms with van der Waals surface area (Å²) in [6.07, 6.45) is 0. The number of thiophene rings is 1. The normalized spacial score (nSPS) is 10.6. The molecule has 0 spiro atoms. The number of hydrogen-bond donors (Lipinski definition) is 1. The van der Waals surface area contributed by atoms with Crippen molar-refractivity contribution in [3.05, 3.63) is 44.0 Å². The number of rotatable bonds is 3. The number of thioether (sulfide) groups is 1. The van der Waals surface area contributed by atoms with E-state index in [0.29, 0.717) is 5.02 Å². The van der Waals surface area contributed by atoms with Crippen molar-refractivity contribution >= 4 is 56.3 Å². The first-order chi connectivity index (χ1) is 7.66. The Balaban J connectivity index is 2.08. The van der Waals surface area contributed by atoms with Gasteiger partial charge in [-0.1, -0.05) is 11.6 Å². The largest absolute Gasteiger partial charge is 0.398 e. The summed E-state index contributed by atoms with van der Waals surface area (Å²) in [7, 11) is 0. The fraction of sp³-hybridized carbons (Fsp3) is 0.0909. The molecule has 0 unspecified atom stereocenters. The standard InChI is InChI=1S/C11H9BrClNS2/c12-8-3-4-15-11(8)6-16-10-2-1-7(13)5-9(10)14/h1-5H,6,14H2. The molecule has 1 aromatic carbocycles. The van der Waals surface area contributed by atoms with Gasteiger partial charge in [0, 0.05) is 30.7 Å². The molecule has 0 amide bonds. The first-order valence-corrected chi connectivity index (χ1v) is 7.60. The predicted octanol–water partition coefficient (Wildman–Crippen LogP) is 5.04. The van der Waals surface area contributed by atoms with Crippen LogP contribution in [0, 0.1) is 0 Å². The van der Waals surface area contributed by atoms with Crippen molar-refractivity contribution < 1.29 is 0 Å². The van der Waals surface area contributed by atoms with Crippen molar-refractivity contribution in [2.75, 3.05) is 5.73 Å². The number of nitrogens with two attached hydrogens (primary N) is 1. The van der Waals surface area contributed by atoms with Crippen LogP contribution in [0.4, 0.5) is 5.69 Å². The summed E-state index contributed by atoms with van der Waals surface area (Å²) in [5.41, 5.74) is 6.63. The van der Waals surface area contributed by atoms with Crippen LogP contribution in [0.5, 0.6) is 0 Å². The van der Waals surface area contributed by atoms with E-state index in [4.69, 9.17) is 17.3 Å². The molecule has 16 heavy (non-hydrogen) atoms. The van der Waals surface area contributed by atoms with Gasteiger partial charge in [-0.05, 0) is 45.6 Å². The molecule has 0 saturated carbocycles. The number of nitrogen functional groups attached to an aromatic ring is 1. The van der Waals surface area contributed by atoms with Crippen molar-refractivity contribution in [2.45, 2.75) is 10.6 Å². The highest BCUT2D eigenvalue weighted by Gasteiger charge is 2.05. The minimum absolute atomic E-state index is 0.680. The van der Waals surface area contributed by atoms with Crippen LogP contribution in [0.25, 0.3) is 0 Å². The average molecular weight is 335 g/mol. The molecule has 1 nitrogen and oxygen atoms in total. The second-order valence-corrected chi connectivity index (χ2v) is 6.47. The van der Waals surface area contributed by atoms with Crippen molar-refractivity contribution in [1.82, 2.24) is 0 Å². The average Bonchev–Trinajstić information content (AvgIpc) is 2.63. The first-order valence-electron chi connectivity index (χ1n) is 4.56. The zero-order valence-corrected chi connectivity index (χ0v) is 12.2. The van der Waals surface area contributed by atoms with E-state index < -0.39 is 0 Å². The Morgan fingerprint density at radius 3 is 2.81 bits per heavy atom. The highest BCUT2D eigenvalue weighted by Crippen LogP contribution is 2.33. The Morgan fingerprint density at radius 2 is 2.19 bits per heavy atom. The van der Waals surface area contributed by atoms with Gasteiger partial charge >= 0.3 is 0 Å². The second kappa shape index (κ2) is 5.45. The summed E-state index contributed by atoms with van der Waals surface area (Å²) in [6.45, 7) is 0. The van der Waals surface area contributed by atoms with E-state index in [9.17, 15) is 0 Å². The monoisotopic (exact) mass is 333 g/mol. The fourth-order valence-electron chi connectivity index (χ4n) is 1.22. The molecule has 0 fully saturated rings. The van der Waals surface area contributed by atoms with Crippen molar-refractivity contribution in [2.24, 2.45) is 0 Å². The fourth-order valence-corrected chi connectivity index (χ4v) is 4.15. The van der Waals surface area contributed by atoms with Gasteiger partial charge in [0.15, 0.2) is 0 Å². The molecule has 0 radical (unpaired) electrons. The Hall–Kier alpha value is -0.160. The second-order valence-electron chi connectivity index (χ2n) is 3.16. The molecule has 0 bridgehead atoms. The van der Waals surface area contributed by atoms with Gasteiger partial charge in [-0.2, -0.15) is 0 Å². The summed E-state index contributed by atoms with van der Waals surface area (Å²) in [6, 6.07) is 7.67. The van der Waals surface area contributed by atoms with E-state index in [1.807, 2.05) is 12.1 Å². The molecule has 5 heteroatoms. The molecule has 0 atom stereocenters. The van der Waals surface area contributed by atoms with Gasteiger partial charge in [-0.3, -0.25) is 0 Å². The van der Waals surface area contributed by atoms with Crippen LogP contribution < -0.4 is 5.73 Å². The number of halogens is 2. The quantitative estimate of drug-likeness (QED) is 0.628. The Labute approximate surface area is 116 Å². The van der Waals surface area contributed by atoms with Crippen molar-refractivity contribution in [1.29, 1.82) is 0 Å². The van der Waals surface area contributed by atoms with E-state index >= 15 is 0 Å². The van der Waals surface area contributed by atoms with E-state index in [2.05, 4.69) is 27.4 Å². The maximum absolute atomic E-state index is 5.89. The maximum atomic E-state index is 5.89. The van der Waals surface area contributed by atoms with Crippen LogP contribution in [0.2, 0.25) is 5.02 Å². The molecule has 0 saturated heterocycles. The van der Waals surface area contributed by atoms with Crippen LogP contribution in [-0.4, -0.2) is 0 Å². The zero-order chi connectivity index (χ0) is 11.5. The SMILES string of the molecule is Nc1cc(Cl)ccc1SCc1sccc1Br. The lowest BCUT2D eigenvalue weighted by Crippen LogP contribution is -1.88. The first kappa shape index (κ1) is 12.3.